The summed E-state index contributed by atoms with van der Waals surface area (Å²) in [7, 11) is 0. The Morgan fingerprint density at radius 1 is 1.06 bits per heavy atom. The van der Waals surface area contributed by atoms with E-state index < -0.39 is 0 Å². The third-order valence-electron chi connectivity index (χ3n) is 8.28. The molecule has 0 amide bonds. The van der Waals surface area contributed by atoms with E-state index in [2.05, 4.69) is 26.8 Å². The first-order valence-corrected chi connectivity index (χ1v) is 13.6. The third-order valence-corrected chi connectivity index (χ3v) is 8.28. The molecule has 0 saturated heterocycles. The molecule has 2 aliphatic carbocycles. The van der Waals surface area contributed by atoms with Crippen LogP contribution >= 0.6 is 0 Å². The van der Waals surface area contributed by atoms with Gasteiger partial charge in [0, 0.05) is 50.3 Å². The molecular formula is C26H40N7O2+. The number of nitrogens with zero attached hydrogens (tertiary/aromatic N) is 5. The fourth-order valence-electron chi connectivity index (χ4n) is 6.63. The van der Waals surface area contributed by atoms with Crippen molar-refractivity contribution in [2.45, 2.75) is 84.3 Å². The highest BCUT2D eigenvalue weighted by Gasteiger charge is 2.44. The first-order valence-electron chi connectivity index (χ1n) is 13.6. The van der Waals surface area contributed by atoms with Gasteiger partial charge in [0.15, 0.2) is 5.65 Å². The number of quaternary nitrogens is 1. The van der Waals surface area contributed by atoms with Crippen molar-refractivity contribution in [1.29, 1.82) is 0 Å². The van der Waals surface area contributed by atoms with E-state index >= 15 is 0 Å². The molecule has 2 saturated carbocycles. The third kappa shape index (κ3) is 4.75. The monoisotopic (exact) mass is 482 g/mol. The SMILES string of the molecule is CCCn1c(=O)c2[nH]c(C3CC4CCC(C3)C4C[NH2+]CCCn3ccnc3)nc2n(CCC)c1=O. The van der Waals surface area contributed by atoms with E-state index in [-0.39, 0.29) is 11.2 Å². The number of aromatic amines is 1. The van der Waals surface area contributed by atoms with Gasteiger partial charge in [0.2, 0.25) is 0 Å². The molecule has 0 aromatic carbocycles. The molecule has 3 heterocycles. The van der Waals surface area contributed by atoms with Gasteiger partial charge in [-0.1, -0.05) is 13.8 Å². The highest BCUT2D eigenvalue weighted by Crippen LogP contribution is 2.51. The number of aromatic nitrogens is 6. The van der Waals surface area contributed by atoms with E-state index in [9.17, 15) is 9.59 Å². The van der Waals surface area contributed by atoms with Gasteiger partial charge < -0.3 is 14.9 Å². The molecule has 2 fully saturated rings. The lowest BCUT2D eigenvalue weighted by Gasteiger charge is -2.33. The molecule has 9 nitrogen and oxygen atoms in total. The second-order valence-electron chi connectivity index (χ2n) is 10.6. The van der Waals surface area contributed by atoms with Crippen LogP contribution in [0.3, 0.4) is 0 Å². The predicted octanol–water partition coefficient (Wildman–Crippen LogP) is 2.08. The molecule has 3 N–H and O–H groups in total. The summed E-state index contributed by atoms with van der Waals surface area (Å²) < 4.78 is 5.22. The summed E-state index contributed by atoms with van der Waals surface area (Å²) in [6.45, 7) is 8.46. The first kappa shape index (κ1) is 24.0. The summed E-state index contributed by atoms with van der Waals surface area (Å²) in [6.07, 6.45) is 13.4. The number of hydrogen-bond acceptors (Lipinski definition) is 4. The Kier molecular flexibility index (Phi) is 7.22. The molecule has 3 aromatic heterocycles. The lowest BCUT2D eigenvalue weighted by molar-refractivity contribution is -0.662. The number of imidazole rings is 2. The van der Waals surface area contributed by atoms with E-state index in [1.165, 1.54) is 24.0 Å². The van der Waals surface area contributed by atoms with Crippen LogP contribution < -0.4 is 16.6 Å². The van der Waals surface area contributed by atoms with Crippen LogP contribution in [0, 0.1) is 17.8 Å². The predicted molar refractivity (Wildman–Crippen MR) is 135 cm³/mol. The first-order chi connectivity index (χ1) is 17.1. The second kappa shape index (κ2) is 10.5. The van der Waals surface area contributed by atoms with Gasteiger partial charge in [-0.05, 0) is 50.4 Å². The van der Waals surface area contributed by atoms with E-state index in [4.69, 9.17) is 4.98 Å². The summed E-state index contributed by atoms with van der Waals surface area (Å²) in [4.78, 5) is 38.5. The van der Waals surface area contributed by atoms with Gasteiger partial charge in [0.1, 0.15) is 11.3 Å². The summed E-state index contributed by atoms with van der Waals surface area (Å²) in [5, 5.41) is 2.51. The van der Waals surface area contributed by atoms with Gasteiger partial charge in [-0.25, -0.2) is 14.8 Å². The van der Waals surface area contributed by atoms with Gasteiger partial charge in [0.05, 0.1) is 19.4 Å². The Hall–Kier alpha value is -2.68. The van der Waals surface area contributed by atoms with E-state index in [1.54, 1.807) is 4.57 Å². The van der Waals surface area contributed by atoms with Crippen LogP contribution in [0.25, 0.3) is 11.2 Å². The maximum absolute atomic E-state index is 13.1. The molecule has 2 bridgehead atoms. The average Bonchev–Trinajstić information content (AvgIpc) is 3.58. The number of H-pyrrole nitrogens is 1. The van der Waals surface area contributed by atoms with Crippen molar-refractivity contribution in [2.24, 2.45) is 17.8 Å². The highest BCUT2D eigenvalue weighted by atomic mass is 16.2. The number of hydrogen-bond donors (Lipinski definition) is 2. The average molecular weight is 483 g/mol. The topological polar surface area (TPSA) is 107 Å². The van der Waals surface area contributed by atoms with E-state index in [0.29, 0.717) is 30.2 Å². The van der Waals surface area contributed by atoms with Gasteiger partial charge in [-0.15, -0.1) is 0 Å². The summed E-state index contributed by atoms with van der Waals surface area (Å²) in [5.74, 6) is 3.50. The molecule has 0 radical (unpaired) electrons. The van der Waals surface area contributed by atoms with Crippen molar-refractivity contribution in [3.8, 4) is 0 Å². The van der Waals surface area contributed by atoms with Crippen LogP contribution in [-0.2, 0) is 19.6 Å². The fraction of sp³-hybridized carbons (Fsp3) is 0.692. The van der Waals surface area contributed by atoms with E-state index in [0.717, 1.165) is 68.8 Å². The quantitative estimate of drug-likeness (QED) is 0.408. The minimum Gasteiger partial charge on any atom is -0.346 e. The fourth-order valence-corrected chi connectivity index (χ4v) is 6.63. The van der Waals surface area contributed by atoms with Crippen LogP contribution in [0.1, 0.15) is 70.5 Å². The smallest absolute Gasteiger partial charge is 0.332 e. The molecule has 2 unspecified atom stereocenters. The Labute approximate surface area is 206 Å². The van der Waals surface area contributed by atoms with Crippen molar-refractivity contribution in [3.05, 3.63) is 45.4 Å². The van der Waals surface area contributed by atoms with Crippen molar-refractivity contribution >= 4 is 11.2 Å². The molecule has 2 aliphatic rings. The molecule has 2 atom stereocenters. The van der Waals surface area contributed by atoms with E-state index in [1.807, 2.05) is 25.6 Å². The number of nitrogens with two attached hydrogens (primary N) is 1. The molecular weight excluding hydrogens is 442 g/mol. The number of fused-ring (bicyclic) bond motifs is 3. The molecule has 0 spiro atoms. The molecule has 190 valence electrons. The zero-order chi connectivity index (χ0) is 24.4. The van der Waals surface area contributed by atoms with Gasteiger partial charge in [-0.3, -0.25) is 13.9 Å². The minimum absolute atomic E-state index is 0.222. The number of aryl methyl sites for hydroxylation is 2. The van der Waals surface area contributed by atoms with Crippen molar-refractivity contribution in [3.63, 3.8) is 0 Å². The van der Waals surface area contributed by atoms with Crippen molar-refractivity contribution in [1.82, 2.24) is 28.7 Å². The van der Waals surface area contributed by atoms with Crippen molar-refractivity contribution in [2.75, 3.05) is 13.1 Å². The zero-order valence-electron chi connectivity index (χ0n) is 21.2. The van der Waals surface area contributed by atoms with Gasteiger partial charge >= 0.3 is 5.69 Å². The number of nitrogens with one attached hydrogen (secondary N) is 1. The molecule has 35 heavy (non-hydrogen) atoms. The second-order valence-corrected chi connectivity index (χ2v) is 10.6. The summed E-state index contributed by atoms with van der Waals surface area (Å²) in [6, 6.07) is 0. The maximum Gasteiger partial charge on any atom is 0.332 e. The minimum atomic E-state index is -0.225. The molecule has 9 heteroatoms. The normalized spacial score (nSPS) is 23.9. The largest absolute Gasteiger partial charge is 0.346 e. The van der Waals surface area contributed by atoms with Crippen LogP contribution in [-0.4, -0.2) is 41.7 Å². The lowest BCUT2D eigenvalue weighted by atomic mass is 9.73. The Balaban J connectivity index is 1.27. The summed E-state index contributed by atoms with van der Waals surface area (Å²) >= 11 is 0. The zero-order valence-corrected chi connectivity index (χ0v) is 21.2. The van der Waals surface area contributed by atoms with Crippen molar-refractivity contribution < 1.29 is 5.32 Å². The van der Waals surface area contributed by atoms with Crippen LogP contribution in [0.4, 0.5) is 0 Å². The molecule has 3 aromatic rings. The van der Waals surface area contributed by atoms with Gasteiger partial charge in [0.25, 0.3) is 5.56 Å². The highest BCUT2D eigenvalue weighted by molar-refractivity contribution is 5.70. The Bertz CT molecular complexity index is 1230. The van der Waals surface area contributed by atoms with Crippen LogP contribution in [0.2, 0.25) is 0 Å². The standard InChI is InChI=1S/C26H39N7O2/c1-3-10-32-24-22(25(34)33(11-4-2)26(32)35)29-23(30-24)20-14-18-6-7-19(15-20)21(18)16-27-8-5-12-31-13-9-28-17-31/h9,13,17-21,27H,3-8,10-12,14-16H2,1-2H3,(H,29,30)/p+1. The van der Waals surface area contributed by atoms with Crippen LogP contribution in [0.5, 0.6) is 0 Å². The molecule has 5 rings (SSSR count). The maximum atomic E-state index is 13.1. The number of rotatable bonds is 11. The Morgan fingerprint density at radius 2 is 1.80 bits per heavy atom. The van der Waals surface area contributed by atoms with Gasteiger partial charge in [-0.2, -0.15) is 0 Å². The van der Waals surface area contributed by atoms with Crippen LogP contribution in [0.15, 0.2) is 28.3 Å². The molecule has 0 aliphatic heterocycles. The Morgan fingerprint density at radius 3 is 2.49 bits per heavy atom. The summed E-state index contributed by atoms with van der Waals surface area (Å²) in [5.41, 5.74) is 0.601. The lowest BCUT2D eigenvalue weighted by Crippen LogP contribution is -2.86.